The van der Waals surface area contributed by atoms with Crippen LogP contribution in [-0.2, 0) is 26.2 Å². The number of nitrogens with zero attached hydrogens (tertiary/aromatic N) is 2. The van der Waals surface area contributed by atoms with Gasteiger partial charge in [-0.25, -0.2) is 8.42 Å². The van der Waals surface area contributed by atoms with Crippen LogP contribution in [0.25, 0.3) is 0 Å². The van der Waals surface area contributed by atoms with Gasteiger partial charge in [-0.1, -0.05) is 50.1 Å². The van der Waals surface area contributed by atoms with Crippen LogP contribution in [0.4, 0.5) is 5.69 Å². The maximum atomic E-state index is 13.8. The molecule has 1 atom stereocenters. The van der Waals surface area contributed by atoms with Crippen LogP contribution in [0.2, 0.25) is 5.02 Å². The molecule has 0 saturated heterocycles. The van der Waals surface area contributed by atoms with Crippen molar-refractivity contribution in [1.82, 2.24) is 10.2 Å². The first kappa shape index (κ1) is 30.2. The second-order valence-electron chi connectivity index (χ2n) is 8.49. The van der Waals surface area contributed by atoms with E-state index in [1.54, 1.807) is 37.3 Å². The summed E-state index contributed by atoms with van der Waals surface area (Å²) < 4.78 is 37.2. The van der Waals surface area contributed by atoms with Gasteiger partial charge in [-0.2, -0.15) is 0 Å². The molecular formula is C26H36ClN3O6S. The topological polar surface area (TPSA) is 105 Å². The Bertz CT molecular complexity index is 1170. The van der Waals surface area contributed by atoms with Crippen LogP contribution >= 0.6 is 11.6 Å². The highest BCUT2D eigenvalue weighted by molar-refractivity contribution is 7.92. The summed E-state index contributed by atoms with van der Waals surface area (Å²) in [4.78, 5) is 28.3. The second kappa shape index (κ2) is 14.1. The van der Waals surface area contributed by atoms with Gasteiger partial charge in [0.25, 0.3) is 0 Å². The van der Waals surface area contributed by atoms with Crippen LogP contribution in [0.15, 0.2) is 42.5 Å². The molecule has 0 spiro atoms. The number of hydrogen-bond donors (Lipinski definition) is 1. The van der Waals surface area contributed by atoms with Crippen molar-refractivity contribution in [3.63, 3.8) is 0 Å². The highest BCUT2D eigenvalue weighted by atomic mass is 35.5. The van der Waals surface area contributed by atoms with E-state index in [-0.39, 0.29) is 23.9 Å². The van der Waals surface area contributed by atoms with E-state index in [1.807, 2.05) is 6.92 Å². The number of halogens is 1. The van der Waals surface area contributed by atoms with Crippen molar-refractivity contribution in [3.05, 3.63) is 53.1 Å². The quantitative estimate of drug-likeness (QED) is 0.356. The molecule has 11 heteroatoms. The molecule has 0 saturated carbocycles. The molecule has 2 aromatic rings. The number of benzene rings is 2. The first-order valence-electron chi connectivity index (χ1n) is 12.1. The Morgan fingerprint density at radius 1 is 1.08 bits per heavy atom. The van der Waals surface area contributed by atoms with E-state index in [2.05, 4.69) is 5.32 Å². The second-order valence-corrected chi connectivity index (χ2v) is 10.8. The van der Waals surface area contributed by atoms with Gasteiger partial charge in [-0.15, -0.1) is 0 Å². The Morgan fingerprint density at radius 3 is 2.35 bits per heavy atom. The lowest BCUT2D eigenvalue weighted by Crippen LogP contribution is -2.52. The lowest BCUT2D eigenvalue weighted by Gasteiger charge is -2.33. The van der Waals surface area contributed by atoms with Gasteiger partial charge in [-0.05, 0) is 36.6 Å². The molecule has 0 heterocycles. The molecule has 0 bridgehead atoms. The summed E-state index contributed by atoms with van der Waals surface area (Å²) in [5.74, 6) is -0.167. The zero-order chi connectivity index (χ0) is 27.6. The molecule has 0 radical (unpaired) electrons. The van der Waals surface area contributed by atoms with E-state index in [1.165, 1.54) is 31.3 Å². The minimum atomic E-state index is -3.91. The van der Waals surface area contributed by atoms with E-state index in [4.69, 9.17) is 21.1 Å². The molecule has 2 rings (SSSR count). The van der Waals surface area contributed by atoms with Gasteiger partial charge >= 0.3 is 0 Å². The molecule has 2 amide bonds. The highest BCUT2D eigenvalue weighted by Gasteiger charge is 2.32. The maximum absolute atomic E-state index is 13.8. The first-order valence-corrected chi connectivity index (χ1v) is 14.3. The van der Waals surface area contributed by atoms with Crippen LogP contribution in [0.5, 0.6) is 11.5 Å². The molecule has 2 aromatic carbocycles. The van der Waals surface area contributed by atoms with E-state index in [0.717, 1.165) is 23.4 Å². The summed E-state index contributed by atoms with van der Waals surface area (Å²) in [6.45, 7) is 3.81. The molecule has 0 aliphatic rings. The number of amides is 2. The van der Waals surface area contributed by atoms with Gasteiger partial charge in [0.2, 0.25) is 21.8 Å². The van der Waals surface area contributed by atoms with Gasteiger partial charge in [-0.3, -0.25) is 13.9 Å². The largest absolute Gasteiger partial charge is 0.497 e. The summed E-state index contributed by atoms with van der Waals surface area (Å²) in [6.07, 6.45) is 3.06. The van der Waals surface area contributed by atoms with E-state index in [9.17, 15) is 18.0 Å². The number of sulfonamides is 1. The van der Waals surface area contributed by atoms with Crippen LogP contribution in [0.3, 0.4) is 0 Å². The van der Waals surface area contributed by atoms with Gasteiger partial charge < -0.3 is 19.7 Å². The number of hydrogen-bond acceptors (Lipinski definition) is 6. The highest BCUT2D eigenvalue weighted by Crippen LogP contribution is 2.34. The van der Waals surface area contributed by atoms with Crippen molar-refractivity contribution in [1.29, 1.82) is 0 Å². The van der Waals surface area contributed by atoms with E-state index >= 15 is 0 Å². The van der Waals surface area contributed by atoms with Crippen LogP contribution in [0.1, 0.15) is 38.7 Å². The third-order valence-electron chi connectivity index (χ3n) is 5.85. The average Bonchev–Trinajstić information content (AvgIpc) is 2.87. The fraction of sp³-hybridized carbons (Fsp3) is 0.462. The summed E-state index contributed by atoms with van der Waals surface area (Å²) in [5.41, 5.74) is 0.822. The molecule has 1 N–H and O–H groups in total. The molecule has 0 fully saturated rings. The molecule has 1 unspecified atom stereocenters. The van der Waals surface area contributed by atoms with E-state index < -0.39 is 28.5 Å². The predicted octanol–water partition coefficient (Wildman–Crippen LogP) is 3.85. The molecule has 37 heavy (non-hydrogen) atoms. The Morgan fingerprint density at radius 2 is 1.78 bits per heavy atom. The summed E-state index contributed by atoms with van der Waals surface area (Å²) in [5, 5.41) is 3.33. The molecule has 0 aliphatic heterocycles. The van der Waals surface area contributed by atoms with Crippen LogP contribution in [-0.4, -0.2) is 64.7 Å². The number of rotatable bonds is 14. The molecule has 0 aromatic heterocycles. The number of carbonyl (C=O) groups excluding carboxylic acids is 2. The number of ether oxygens (including phenoxy) is 2. The fourth-order valence-electron chi connectivity index (χ4n) is 3.82. The summed E-state index contributed by atoms with van der Waals surface area (Å²) in [6, 6.07) is 10.8. The Kier molecular flexibility index (Phi) is 11.5. The standard InChI is InChI=1S/C26H36ClN3O6S/c1-6-8-15-28-26(32)22(7-2)29(17-19-11-9-10-12-21(19)27)25(31)18-30(37(5,33)34)23-14-13-20(35-3)16-24(23)36-4/h9-14,16,22H,6-8,15,17-18H2,1-5H3,(H,28,32). The molecule has 204 valence electrons. The minimum absolute atomic E-state index is 0.0373. The lowest BCUT2D eigenvalue weighted by molar-refractivity contribution is -0.140. The van der Waals surface area contributed by atoms with Crippen molar-refractivity contribution >= 4 is 39.1 Å². The smallest absolute Gasteiger partial charge is 0.244 e. The summed E-state index contributed by atoms with van der Waals surface area (Å²) >= 11 is 6.37. The molecular weight excluding hydrogens is 518 g/mol. The van der Waals surface area contributed by atoms with Crippen molar-refractivity contribution < 1.29 is 27.5 Å². The molecule has 9 nitrogen and oxygen atoms in total. The lowest BCUT2D eigenvalue weighted by atomic mass is 10.1. The maximum Gasteiger partial charge on any atom is 0.244 e. The van der Waals surface area contributed by atoms with Gasteiger partial charge in [0.05, 0.1) is 26.2 Å². The number of nitrogens with one attached hydrogen (secondary N) is 1. The number of anilines is 1. The number of methoxy groups -OCH3 is 2. The third-order valence-corrected chi connectivity index (χ3v) is 7.34. The predicted molar refractivity (Wildman–Crippen MR) is 146 cm³/mol. The van der Waals surface area contributed by atoms with Crippen LogP contribution < -0.4 is 19.1 Å². The molecule has 0 aliphatic carbocycles. The Hall–Kier alpha value is -2.98. The van der Waals surface area contributed by atoms with Gasteiger partial charge in [0.1, 0.15) is 24.1 Å². The van der Waals surface area contributed by atoms with Gasteiger partial charge in [0, 0.05) is 24.2 Å². The van der Waals surface area contributed by atoms with Crippen molar-refractivity contribution in [2.24, 2.45) is 0 Å². The van der Waals surface area contributed by atoms with Crippen molar-refractivity contribution in [3.8, 4) is 11.5 Å². The average molecular weight is 554 g/mol. The number of carbonyl (C=O) groups is 2. The zero-order valence-corrected chi connectivity index (χ0v) is 23.6. The minimum Gasteiger partial charge on any atom is -0.497 e. The number of unbranched alkanes of at least 4 members (excludes halogenated alkanes) is 1. The van der Waals surface area contributed by atoms with Crippen LogP contribution in [0, 0.1) is 0 Å². The Balaban J connectivity index is 2.49. The van der Waals surface area contributed by atoms with Crippen molar-refractivity contribution in [2.75, 3.05) is 37.9 Å². The van der Waals surface area contributed by atoms with Gasteiger partial charge in [0.15, 0.2) is 0 Å². The Labute approximate surface area is 224 Å². The van der Waals surface area contributed by atoms with E-state index in [0.29, 0.717) is 29.3 Å². The third kappa shape index (κ3) is 8.26. The normalized spacial score (nSPS) is 11.9. The summed E-state index contributed by atoms with van der Waals surface area (Å²) in [7, 11) is -1.03. The zero-order valence-electron chi connectivity index (χ0n) is 22.0. The van der Waals surface area contributed by atoms with Crippen molar-refractivity contribution in [2.45, 2.75) is 45.7 Å². The SMILES string of the molecule is CCCCNC(=O)C(CC)N(Cc1ccccc1Cl)C(=O)CN(c1ccc(OC)cc1OC)S(C)(=O)=O. The first-order chi connectivity index (χ1) is 17.6. The monoisotopic (exact) mass is 553 g/mol. The fourth-order valence-corrected chi connectivity index (χ4v) is 4.87.